The molecule has 0 atom stereocenters. The average molecular weight is 308 g/mol. The third-order valence-electron chi connectivity index (χ3n) is 4.28. The predicted octanol–water partition coefficient (Wildman–Crippen LogP) is 2.34. The topological polar surface area (TPSA) is 36.4 Å². The lowest BCUT2D eigenvalue weighted by Gasteiger charge is -2.35. The van der Waals surface area contributed by atoms with E-state index >= 15 is 0 Å². The summed E-state index contributed by atoms with van der Waals surface area (Å²) >= 11 is 0. The number of anilines is 1. The Hall–Kier alpha value is -2.36. The molecule has 1 aliphatic heterocycles. The number of rotatable bonds is 4. The van der Waals surface area contributed by atoms with Gasteiger partial charge in [-0.15, -0.1) is 0 Å². The van der Waals surface area contributed by atoms with E-state index in [0.29, 0.717) is 0 Å². The monoisotopic (exact) mass is 308 g/mol. The molecule has 1 radical (unpaired) electrons. The summed E-state index contributed by atoms with van der Waals surface area (Å²) in [4.78, 5) is 20.4. The molecule has 4 nitrogen and oxygen atoms in total. The molecule has 0 bridgehead atoms. The summed E-state index contributed by atoms with van der Waals surface area (Å²) in [5.74, 6) is 1.18. The highest BCUT2D eigenvalue weighted by molar-refractivity contribution is 5.73. The molecule has 4 heteroatoms. The van der Waals surface area contributed by atoms with Gasteiger partial charge in [-0.1, -0.05) is 30.3 Å². The fourth-order valence-electron chi connectivity index (χ4n) is 2.89. The van der Waals surface area contributed by atoms with E-state index in [0.717, 1.165) is 50.5 Å². The number of pyridine rings is 1. The van der Waals surface area contributed by atoms with E-state index in [1.165, 1.54) is 5.56 Å². The van der Waals surface area contributed by atoms with Crippen LogP contribution in [-0.2, 0) is 17.6 Å². The van der Waals surface area contributed by atoms with Crippen molar-refractivity contribution in [3.8, 4) is 0 Å². The first kappa shape index (κ1) is 15.5. The highest BCUT2D eigenvalue weighted by Crippen LogP contribution is 2.15. The minimum absolute atomic E-state index is 0.158. The van der Waals surface area contributed by atoms with E-state index in [-0.39, 0.29) is 5.91 Å². The van der Waals surface area contributed by atoms with Crippen LogP contribution in [0.15, 0.2) is 42.5 Å². The van der Waals surface area contributed by atoms with Crippen LogP contribution in [-0.4, -0.2) is 42.0 Å². The lowest BCUT2D eigenvalue weighted by atomic mass is 10.1. The molecule has 1 aliphatic rings. The van der Waals surface area contributed by atoms with Crippen molar-refractivity contribution in [2.75, 3.05) is 31.1 Å². The highest BCUT2D eigenvalue weighted by atomic mass is 16.2. The van der Waals surface area contributed by atoms with Crippen LogP contribution >= 0.6 is 0 Å². The zero-order valence-electron chi connectivity index (χ0n) is 13.5. The molecule has 3 rings (SSSR count). The van der Waals surface area contributed by atoms with Crippen molar-refractivity contribution in [1.82, 2.24) is 9.88 Å². The summed E-state index contributed by atoms with van der Waals surface area (Å²) in [6.07, 6.45) is 1.91. The molecule has 1 saturated heterocycles. The van der Waals surface area contributed by atoms with E-state index in [1.54, 1.807) is 6.92 Å². The summed E-state index contributed by atoms with van der Waals surface area (Å²) < 4.78 is 0. The van der Waals surface area contributed by atoms with E-state index in [4.69, 9.17) is 4.98 Å². The number of nitrogens with zero attached hydrogens (tertiary/aromatic N) is 3. The molecule has 23 heavy (non-hydrogen) atoms. The molecular weight excluding hydrogens is 286 g/mol. The minimum Gasteiger partial charge on any atom is -0.353 e. The molecule has 2 heterocycles. The van der Waals surface area contributed by atoms with Crippen LogP contribution in [0.5, 0.6) is 0 Å². The maximum atomic E-state index is 11.4. The van der Waals surface area contributed by atoms with Gasteiger partial charge in [0, 0.05) is 38.8 Å². The Balaban J connectivity index is 1.60. The van der Waals surface area contributed by atoms with Crippen LogP contribution in [0.3, 0.4) is 0 Å². The van der Waals surface area contributed by atoms with Gasteiger partial charge in [-0.3, -0.25) is 4.79 Å². The molecule has 2 aromatic rings. The maximum absolute atomic E-state index is 11.4. The van der Waals surface area contributed by atoms with Gasteiger partial charge in [0.1, 0.15) is 5.82 Å². The summed E-state index contributed by atoms with van der Waals surface area (Å²) in [5, 5.41) is 0. The first-order valence-electron chi connectivity index (χ1n) is 8.14. The molecule has 1 amide bonds. The molecule has 0 spiro atoms. The molecule has 1 aromatic heterocycles. The third kappa shape index (κ3) is 4.09. The van der Waals surface area contributed by atoms with Crippen LogP contribution in [0.4, 0.5) is 5.82 Å². The smallest absolute Gasteiger partial charge is 0.219 e. The van der Waals surface area contributed by atoms with Crippen molar-refractivity contribution in [3.05, 3.63) is 59.8 Å². The maximum Gasteiger partial charge on any atom is 0.219 e. The van der Waals surface area contributed by atoms with Crippen molar-refractivity contribution < 1.29 is 4.79 Å². The molecule has 0 N–H and O–H groups in total. The molecule has 1 fully saturated rings. The molecule has 0 unspecified atom stereocenters. The van der Waals surface area contributed by atoms with Crippen LogP contribution in [0.2, 0.25) is 0 Å². The van der Waals surface area contributed by atoms with Gasteiger partial charge in [0.05, 0.1) is 0 Å². The average Bonchev–Trinajstić information content (AvgIpc) is 2.61. The van der Waals surface area contributed by atoms with Crippen molar-refractivity contribution in [1.29, 1.82) is 0 Å². The summed E-state index contributed by atoms with van der Waals surface area (Å²) in [6, 6.07) is 17.4. The Morgan fingerprint density at radius 2 is 1.96 bits per heavy atom. The number of amides is 1. The minimum atomic E-state index is 0.158. The molecule has 119 valence electrons. The second-order valence-corrected chi connectivity index (χ2v) is 5.89. The number of aryl methyl sites for hydroxylation is 2. The van der Waals surface area contributed by atoms with Gasteiger partial charge in [0.15, 0.2) is 0 Å². The van der Waals surface area contributed by atoms with Crippen LogP contribution in [0.25, 0.3) is 0 Å². The van der Waals surface area contributed by atoms with Gasteiger partial charge in [0.2, 0.25) is 5.91 Å². The molecule has 0 saturated carbocycles. The number of hydrogen-bond acceptors (Lipinski definition) is 3. The van der Waals surface area contributed by atoms with E-state index in [2.05, 4.69) is 35.2 Å². The standard InChI is InChI=1S/C19H22N3O/c1-16(23)21-12-14-22(15-13-21)19-9-5-8-18(20-19)11-10-17-6-3-2-4-7-17/h2-3,5-9H,10-15H2,1H3. The number of carbonyl (C=O) groups is 1. The Morgan fingerprint density at radius 1 is 1.13 bits per heavy atom. The van der Waals surface area contributed by atoms with Gasteiger partial charge < -0.3 is 9.80 Å². The predicted molar refractivity (Wildman–Crippen MR) is 91.4 cm³/mol. The SMILES string of the molecule is CC(=O)N1CCN(c2cccc(CCc3c[c]ccc3)n2)CC1. The van der Waals surface area contributed by atoms with Crippen molar-refractivity contribution in [2.24, 2.45) is 0 Å². The van der Waals surface area contributed by atoms with Crippen molar-refractivity contribution in [2.45, 2.75) is 19.8 Å². The quantitative estimate of drug-likeness (QED) is 0.870. The Morgan fingerprint density at radius 3 is 2.65 bits per heavy atom. The zero-order chi connectivity index (χ0) is 16.1. The number of hydrogen-bond donors (Lipinski definition) is 0. The lowest BCUT2D eigenvalue weighted by molar-refractivity contribution is -0.129. The molecule has 1 aromatic carbocycles. The largest absolute Gasteiger partial charge is 0.353 e. The van der Waals surface area contributed by atoms with Gasteiger partial charge in [0.25, 0.3) is 0 Å². The summed E-state index contributed by atoms with van der Waals surface area (Å²) in [6.45, 7) is 4.89. The van der Waals surface area contributed by atoms with Crippen molar-refractivity contribution >= 4 is 11.7 Å². The summed E-state index contributed by atoms with van der Waals surface area (Å²) in [7, 11) is 0. The summed E-state index contributed by atoms with van der Waals surface area (Å²) in [5.41, 5.74) is 2.40. The highest BCUT2D eigenvalue weighted by Gasteiger charge is 2.19. The van der Waals surface area contributed by atoms with Gasteiger partial charge in [-0.05, 0) is 36.6 Å². The fourth-order valence-corrected chi connectivity index (χ4v) is 2.89. The van der Waals surface area contributed by atoms with E-state index < -0.39 is 0 Å². The fraction of sp³-hybridized carbons (Fsp3) is 0.368. The van der Waals surface area contributed by atoms with Gasteiger partial charge in [-0.25, -0.2) is 4.98 Å². The first-order chi connectivity index (χ1) is 11.2. The van der Waals surface area contributed by atoms with E-state index in [9.17, 15) is 4.79 Å². The van der Waals surface area contributed by atoms with Crippen LogP contribution < -0.4 is 4.90 Å². The lowest BCUT2D eigenvalue weighted by Crippen LogP contribution is -2.48. The Kier molecular flexibility index (Phi) is 4.91. The van der Waals surface area contributed by atoms with Crippen LogP contribution in [0, 0.1) is 6.07 Å². The van der Waals surface area contributed by atoms with Gasteiger partial charge >= 0.3 is 0 Å². The zero-order valence-corrected chi connectivity index (χ0v) is 13.5. The number of carbonyl (C=O) groups excluding carboxylic acids is 1. The Labute approximate surface area is 137 Å². The molecular formula is C19H22N3O. The number of aromatic nitrogens is 1. The number of benzene rings is 1. The van der Waals surface area contributed by atoms with Crippen molar-refractivity contribution in [3.63, 3.8) is 0 Å². The van der Waals surface area contributed by atoms with Crippen LogP contribution in [0.1, 0.15) is 18.2 Å². The third-order valence-corrected chi connectivity index (χ3v) is 4.28. The Bertz CT molecular complexity index is 649. The molecule has 0 aliphatic carbocycles. The first-order valence-corrected chi connectivity index (χ1v) is 8.14. The van der Waals surface area contributed by atoms with Gasteiger partial charge in [-0.2, -0.15) is 0 Å². The van der Waals surface area contributed by atoms with E-state index in [1.807, 2.05) is 23.1 Å². The number of piperazine rings is 1. The normalized spacial score (nSPS) is 14.8. The second-order valence-electron chi connectivity index (χ2n) is 5.89. The second kappa shape index (κ2) is 7.27.